The van der Waals surface area contributed by atoms with Crippen molar-refractivity contribution in [1.29, 1.82) is 0 Å². The SMILES string of the molecule is CC(=O)c1ccc(OCC(=O)Nc2cnc(-c3cccc(C)c3)c(-c3ccc(N)cc3)n2)cc1. The maximum Gasteiger partial charge on any atom is 0.263 e. The molecule has 0 aliphatic carbocycles. The molecule has 1 amide bonds. The van der Waals surface area contributed by atoms with Gasteiger partial charge in [-0.2, -0.15) is 0 Å². The number of hydrogen-bond donors (Lipinski definition) is 2. The Balaban J connectivity index is 1.55. The predicted octanol–water partition coefficient (Wildman–Crippen LogP) is 4.92. The first-order valence-electron chi connectivity index (χ1n) is 10.7. The fourth-order valence-corrected chi connectivity index (χ4v) is 3.41. The van der Waals surface area contributed by atoms with E-state index >= 15 is 0 Å². The number of aryl methyl sites for hydroxylation is 1. The van der Waals surface area contributed by atoms with Crippen LogP contribution in [-0.4, -0.2) is 28.3 Å². The molecule has 0 bridgehead atoms. The van der Waals surface area contributed by atoms with E-state index in [-0.39, 0.29) is 18.3 Å². The molecule has 0 spiro atoms. The number of nitrogens with zero attached hydrogens (tertiary/aromatic N) is 2. The number of aromatic nitrogens is 2. The first kappa shape index (κ1) is 22.7. The second-order valence-electron chi connectivity index (χ2n) is 7.86. The number of anilines is 2. The Morgan fingerprint density at radius 3 is 2.35 bits per heavy atom. The number of ether oxygens (including phenoxy) is 1. The van der Waals surface area contributed by atoms with Gasteiger partial charge in [0.25, 0.3) is 5.91 Å². The highest BCUT2D eigenvalue weighted by atomic mass is 16.5. The predicted molar refractivity (Wildman–Crippen MR) is 133 cm³/mol. The number of nitrogens with one attached hydrogen (secondary N) is 1. The molecule has 1 aromatic heterocycles. The van der Waals surface area contributed by atoms with Crippen molar-refractivity contribution in [3.05, 3.63) is 90.1 Å². The molecule has 0 saturated carbocycles. The molecule has 0 unspecified atom stereocenters. The number of carbonyl (C=O) groups is 2. The van der Waals surface area contributed by atoms with Gasteiger partial charge in [-0.15, -0.1) is 0 Å². The number of benzene rings is 3. The zero-order valence-corrected chi connectivity index (χ0v) is 18.9. The third kappa shape index (κ3) is 5.45. The summed E-state index contributed by atoms with van der Waals surface area (Å²) in [5.41, 5.74) is 11.3. The van der Waals surface area contributed by atoms with E-state index in [2.05, 4.69) is 15.3 Å². The van der Waals surface area contributed by atoms with E-state index < -0.39 is 0 Å². The quantitative estimate of drug-likeness (QED) is 0.304. The van der Waals surface area contributed by atoms with E-state index in [0.29, 0.717) is 34.2 Å². The number of carbonyl (C=O) groups excluding carboxylic acids is 2. The van der Waals surface area contributed by atoms with Crippen molar-refractivity contribution in [3.8, 4) is 28.3 Å². The van der Waals surface area contributed by atoms with Gasteiger partial charge in [0.05, 0.1) is 17.6 Å². The van der Waals surface area contributed by atoms with Crippen molar-refractivity contribution in [2.45, 2.75) is 13.8 Å². The van der Waals surface area contributed by atoms with Crippen LogP contribution < -0.4 is 15.8 Å². The van der Waals surface area contributed by atoms with E-state index in [9.17, 15) is 9.59 Å². The molecule has 34 heavy (non-hydrogen) atoms. The molecule has 4 rings (SSSR count). The lowest BCUT2D eigenvalue weighted by Gasteiger charge is -2.12. The fraction of sp³-hybridized carbons (Fsp3) is 0.111. The van der Waals surface area contributed by atoms with Gasteiger partial charge in [-0.05, 0) is 56.3 Å². The van der Waals surface area contributed by atoms with Gasteiger partial charge >= 0.3 is 0 Å². The van der Waals surface area contributed by atoms with Crippen molar-refractivity contribution >= 4 is 23.2 Å². The second-order valence-corrected chi connectivity index (χ2v) is 7.86. The minimum absolute atomic E-state index is 0.0334. The van der Waals surface area contributed by atoms with Crippen LogP contribution in [0.5, 0.6) is 5.75 Å². The lowest BCUT2D eigenvalue weighted by Crippen LogP contribution is -2.21. The summed E-state index contributed by atoms with van der Waals surface area (Å²) in [6, 6.07) is 22.0. The average Bonchev–Trinajstić information content (AvgIpc) is 2.83. The normalized spacial score (nSPS) is 10.5. The number of rotatable bonds is 7. The number of hydrogen-bond acceptors (Lipinski definition) is 6. The van der Waals surface area contributed by atoms with E-state index in [1.54, 1.807) is 36.4 Å². The van der Waals surface area contributed by atoms with Crippen molar-refractivity contribution in [2.75, 3.05) is 17.7 Å². The first-order valence-corrected chi connectivity index (χ1v) is 10.7. The molecule has 4 aromatic rings. The Bertz CT molecular complexity index is 1330. The molecule has 0 saturated heterocycles. The smallest absolute Gasteiger partial charge is 0.263 e. The summed E-state index contributed by atoms with van der Waals surface area (Å²) in [7, 11) is 0. The third-order valence-electron chi connectivity index (χ3n) is 5.15. The largest absolute Gasteiger partial charge is 0.484 e. The van der Waals surface area contributed by atoms with Gasteiger partial charge in [0, 0.05) is 22.4 Å². The highest BCUT2D eigenvalue weighted by Crippen LogP contribution is 2.30. The molecule has 0 aliphatic heterocycles. The van der Waals surface area contributed by atoms with Crippen LogP contribution in [0.3, 0.4) is 0 Å². The highest BCUT2D eigenvalue weighted by Gasteiger charge is 2.14. The molecular weight excluding hydrogens is 428 g/mol. The lowest BCUT2D eigenvalue weighted by atomic mass is 10.0. The van der Waals surface area contributed by atoms with E-state index in [1.165, 1.54) is 13.1 Å². The molecule has 170 valence electrons. The van der Waals surface area contributed by atoms with Gasteiger partial charge < -0.3 is 15.8 Å². The van der Waals surface area contributed by atoms with Crippen molar-refractivity contribution in [2.24, 2.45) is 0 Å². The van der Waals surface area contributed by atoms with Crippen molar-refractivity contribution in [3.63, 3.8) is 0 Å². The summed E-state index contributed by atoms with van der Waals surface area (Å²) in [5.74, 6) is 0.387. The van der Waals surface area contributed by atoms with Crippen LogP contribution in [0.2, 0.25) is 0 Å². The van der Waals surface area contributed by atoms with Gasteiger partial charge in [0.1, 0.15) is 5.75 Å². The molecule has 0 fully saturated rings. The Hall–Kier alpha value is -4.52. The van der Waals surface area contributed by atoms with Gasteiger partial charge in [-0.1, -0.05) is 35.9 Å². The number of nitrogens with two attached hydrogens (primary N) is 1. The zero-order chi connectivity index (χ0) is 24.1. The minimum Gasteiger partial charge on any atom is -0.484 e. The lowest BCUT2D eigenvalue weighted by molar-refractivity contribution is -0.118. The number of ketones is 1. The molecule has 7 heteroatoms. The maximum absolute atomic E-state index is 12.5. The molecule has 7 nitrogen and oxygen atoms in total. The third-order valence-corrected chi connectivity index (χ3v) is 5.15. The van der Waals surface area contributed by atoms with Crippen LogP contribution in [0, 0.1) is 6.92 Å². The summed E-state index contributed by atoms with van der Waals surface area (Å²) >= 11 is 0. The van der Waals surface area contributed by atoms with Crippen molar-refractivity contribution in [1.82, 2.24) is 9.97 Å². The van der Waals surface area contributed by atoms with E-state index in [1.807, 2.05) is 43.3 Å². The van der Waals surface area contributed by atoms with Gasteiger partial charge in [-0.3, -0.25) is 14.6 Å². The Morgan fingerprint density at radius 2 is 1.68 bits per heavy atom. The minimum atomic E-state index is -0.378. The molecule has 0 atom stereocenters. The Labute approximate surface area is 197 Å². The van der Waals surface area contributed by atoms with Gasteiger partial charge in [0.15, 0.2) is 18.2 Å². The fourth-order valence-electron chi connectivity index (χ4n) is 3.41. The van der Waals surface area contributed by atoms with E-state index in [0.717, 1.165) is 16.7 Å². The summed E-state index contributed by atoms with van der Waals surface area (Å²) < 4.78 is 5.52. The molecular formula is C27H24N4O3. The molecule has 1 heterocycles. The van der Waals surface area contributed by atoms with Crippen LogP contribution in [0.15, 0.2) is 79.0 Å². The van der Waals surface area contributed by atoms with Crippen LogP contribution in [0.25, 0.3) is 22.5 Å². The Morgan fingerprint density at radius 1 is 0.941 bits per heavy atom. The van der Waals surface area contributed by atoms with Crippen LogP contribution >= 0.6 is 0 Å². The van der Waals surface area contributed by atoms with E-state index in [4.69, 9.17) is 10.5 Å². The monoisotopic (exact) mass is 452 g/mol. The zero-order valence-electron chi connectivity index (χ0n) is 18.9. The summed E-state index contributed by atoms with van der Waals surface area (Å²) in [6.07, 6.45) is 1.53. The second kappa shape index (κ2) is 9.95. The number of nitrogen functional groups attached to an aromatic ring is 1. The molecule has 3 N–H and O–H groups in total. The maximum atomic E-state index is 12.5. The van der Waals surface area contributed by atoms with Gasteiger partial charge in [0.2, 0.25) is 0 Å². The molecule has 0 aliphatic rings. The number of Topliss-reactive ketones (excluding diaryl/α,β-unsaturated/α-hetero) is 1. The average molecular weight is 453 g/mol. The van der Waals surface area contributed by atoms with Gasteiger partial charge in [-0.25, -0.2) is 4.98 Å². The highest BCUT2D eigenvalue weighted by molar-refractivity contribution is 5.94. The standard InChI is InChI=1S/C27H24N4O3/c1-17-4-3-5-21(14-17)26-27(20-6-10-22(28)11-7-20)31-24(15-29-26)30-25(33)16-34-23-12-8-19(9-13-23)18(2)32/h3-15H,16,28H2,1-2H3,(H,30,31,33). The molecule has 3 aromatic carbocycles. The summed E-state index contributed by atoms with van der Waals surface area (Å²) in [5, 5.41) is 2.74. The first-order chi connectivity index (χ1) is 16.4. The Kier molecular flexibility index (Phi) is 6.64. The van der Waals surface area contributed by atoms with Crippen LogP contribution in [0.1, 0.15) is 22.8 Å². The summed E-state index contributed by atoms with van der Waals surface area (Å²) in [4.78, 5) is 33.1. The number of amides is 1. The van der Waals surface area contributed by atoms with Crippen LogP contribution in [-0.2, 0) is 4.79 Å². The summed E-state index contributed by atoms with van der Waals surface area (Å²) in [6.45, 7) is 3.30. The molecule has 0 radical (unpaired) electrons. The van der Waals surface area contributed by atoms with Crippen LogP contribution in [0.4, 0.5) is 11.5 Å². The van der Waals surface area contributed by atoms with Crippen molar-refractivity contribution < 1.29 is 14.3 Å². The topological polar surface area (TPSA) is 107 Å².